The molecule has 1 heterocycles. The fourth-order valence-electron chi connectivity index (χ4n) is 1.89. The largest absolute Gasteiger partial charge is 0.478 e. The number of aromatic carboxylic acids is 1. The second-order valence-electron chi connectivity index (χ2n) is 4.47. The molecular formula is C12H10F3NO4S. The number of benzene rings is 1. The monoisotopic (exact) mass is 321 g/mol. The average Bonchev–Trinajstić information content (AvgIpc) is 2.67. The van der Waals surface area contributed by atoms with Crippen LogP contribution in [-0.2, 0) is 16.0 Å². The van der Waals surface area contributed by atoms with Crippen LogP contribution in [0.25, 0.3) is 0 Å². The summed E-state index contributed by atoms with van der Waals surface area (Å²) >= 11 is 0. The van der Waals surface area contributed by atoms with Crippen molar-refractivity contribution in [2.45, 2.75) is 12.2 Å². The third-order valence-corrected chi connectivity index (χ3v) is 4.24. The van der Waals surface area contributed by atoms with E-state index in [0.29, 0.717) is 6.07 Å². The maximum atomic E-state index is 12.6. The number of hydrogen-bond donors (Lipinski definition) is 2. The number of halogens is 3. The summed E-state index contributed by atoms with van der Waals surface area (Å²) in [7, 11) is -3.35. The molecule has 1 aromatic carbocycles. The number of hydrogen-bond acceptors (Lipinski definition) is 4. The van der Waals surface area contributed by atoms with E-state index in [0.717, 1.165) is 17.5 Å². The highest BCUT2D eigenvalue weighted by molar-refractivity contribution is 7.94. The molecule has 0 spiro atoms. The third-order valence-electron chi connectivity index (χ3n) is 2.85. The molecule has 2 N–H and O–H groups in total. The van der Waals surface area contributed by atoms with Gasteiger partial charge in [0.1, 0.15) is 0 Å². The van der Waals surface area contributed by atoms with Crippen molar-refractivity contribution in [1.82, 2.24) is 0 Å². The molecule has 1 aromatic rings. The van der Waals surface area contributed by atoms with E-state index in [4.69, 9.17) is 5.11 Å². The van der Waals surface area contributed by atoms with Crippen molar-refractivity contribution >= 4 is 21.5 Å². The van der Waals surface area contributed by atoms with E-state index in [2.05, 4.69) is 5.32 Å². The molecule has 0 saturated carbocycles. The van der Waals surface area contributed by atoms with E-state index >= 15 is 0 Å². The van der Waals surface area contributed by atoms with E-state index in [1.807, 2.05) is 0 Å². The molecule has 0 saturated heterocycles. The molecule has 0 amide bonds. The van der Waals surface area contributed by atoms with Crippen molar-refractivity contribution in [3.63, 3.8) is 0 Å². The summed E-state index contributed by atoms with van der Waals surface area (Å²) in [5.41, 5.74) is -1.72. The van der Waals surface area contributed by atoms with Gasteiger partial charge in [-0.15, -0.1) is 0 Å². The van der Waals surface area contributed by atoms with Crippen LogP contribution in [0.5, 0.6) is 0 Å². The van der Waals surface area contributed by atoms with Gasteiger partial charge in [-0.1, -0.05) is 6.08 Å². The zero-order valence-corrected chi connectivity index (χ0v) is 11.2. The lowest BCUT2D eigenvalue weighted by atomic mass is 10.1. The summed E-state index contributed by atoms with van der Waals surface area (Å²) in [6.07, 6.45) is -3.34. The van der Waals surface area contributed by atoms with Gasteiger partial charge in [0.15, 0.2) is 9.84 Å². The quantitative estimate of drug-likeness (QED) is 0.891. The Hall–Kier alpha value is -2.03. The number of carboxylic acids is 1. The van der Waals surface area contributed by atoms with Crippen LogP contribution in [0.3, 0.4) is 0 Å². The highest BCUT2D eigenvalue weighted by atomic mass is 32.2. The van der Waals surface area contributed by atoms with E-state index in [-0.39, 0.29) is 11.4 Å². The summed E-state index contributed by atoms with van der Waals surface area (Å²) in [4.78, 5) is 11.1. The van der Waals surface area contributed by atoms with Crippen molar-refractivity contribution in [1.29, 1.82) is 0 Å². The zero-order valence-electron chi connectivity index (χ0n) is 10.4. The Bertz CT molecular complexity index is 710. The van der Waals surface area contributed by atoms with Gasteiger partial charge >= 0.3 is 12.1 Å². The van der Waals surface area contributed by atoms with E-state index in [1.54, 1.807) is 0 Å². The molecule has 0 fully saturated rings. The normalized spacial score (nSPS) is 20.4. The lowest BCUT2D eigenvalue weighted by Gasteiger charge is -2.15. The molecule has 0 aromatic heterocycles. The molecule has 1 aliphatic rings. The first-order valence-corrected chi connectivity index (χ1v) is 7.42. The Balaban J connectivity index is 2.32. The Morgan fingerprint density at radius 1 is 1.33 bits per heavy atom. The molecule has 21 heavy (non-hydrogen) atoms. The van der Waals surface area contributed by atoms with Crippen molar-refractivity contribution < 1.29 is 31.5 Å². The van der Waals surface area contributed by atoms with Crippen molar-refractivity contribution in [3.05, 3.63) is 40.8 Å². The molecule has 2 rings (SSSR count). The topological polar surface area (TPSA) is 83.5 Å². The smallest absolute Gasteiger partial charge is 0.416 e. The number of carbonyl (C=O) groups is 1. The summed E-state index contributed by atoms with van der Waals surface area (Å²) in [5.74, 6) is -1.80. The predicted octanol–water partition coefficient (Wildman–Crippen LogP) is 2.13. The summed E-state index contributed by atoms with van der Waals surface area (Å²) < 4.78 is 60.2. The fraction of sp³-hybridized carbons (Fsp3) is 0.250. The van der Waals surface area contributed by atoms with Crippen LogP contribution in [0.4, 0.5) is 18.9 Å². The van der Waals surface area contributed by atoms with Gasteiger partial charge in [-0.3, -0.25) is 0 Å². The molecule has 5 nitrogen and oxygen atoms in total. The standard InChI is InChI=1S/C12H10F3NO4S/c13-12(14,15)7-1-2-10(9(5-7)11(17)18)16-8-3-4-21(19,20)6-8/h1-5,8,16H,6H2,(H,17,18). The molecule has 0 aliphatic carbocycles. The van der Waals surface area contributed by atoms with Gasteiger partial charge in [0.25, 0.3) is 0 Å². The van der Waals surface area contributed by atoms with Gasteiger partial charge in [0.05, 0.1) is 22.9 Å². The predicted molar refractivity (Wildman–Crippen MR) is 68.7 cm³/mol. The van der Waals surface area contributed by atoms with Gasteiger partial charge in [-0.25, -0.2) is 13.2 Å². The van der Waals surface area contributed by atoms with Crippen LogP contribution in [-0.4, -0.2) is 31.3 Å². The minimum absolute atomic E-state index is 0.0674. The Morgan fingerprint density at radius 2 is 2.00 bits per heavy atom. The van der Waals surface area contributed by atoms with Crippen LogP contribution < -0.4 is 5.32 Å². The number of alkyl halides is 3. The third kappa shape index (κ3) is 3.54. The number of anilines is 1. The summed E-state index contributed by atoms with van der Waals surface area (Å²) in [5, 5.41) is 12.6. The van der Waals surface area contributed by atoms with Crippen LogP contribution in [0, 0.1) is 0 Å². The van der Waals surface area contributed by atoms with Gasteiger partial charge in [-0.2, -0.15) is 13.2 Å². The molecule has 1 aliphatic heterocycles. The first kappa shape index (κ1) is 15.4. The van der Waals surface area contributed by atoms with Gasteiger partial charge < -0.3 is 10.4 Å². The van der Waals surface area contributed by atoms with Crippen molar-refractivity contribution in [3.8, 4) is 0 Å². The molecule has 114 valence electrons. The highest BCUT2D eigenvalue weighted by Gasteiger charge is 2.32. The fourth-order valence-corrected chi connectivity index (χ4v) is 3.12. The minimum Gasteiger partial charge on any atom is -0.478 e. The van der Waals surface area contributed by atoms with Crippen LogP contribution >= 0.6 is 0 Å². The molecule has 1 atom stereocenters. The van der Waals surface area contributed by atoms with Crippen molar-refractivity contribution in [2.24, 2.45) is 0 Å². The van der Waals surface area contributed by atoms with Crippen LogP contribution in [0.15, 0.2) is 29.7 Å². The molecule has 1 unspecified atom stereocenters. The first-order valence-electron chi connectivity index (χ1n) is 5.70. The number of sulfone groups is 1. The second-order valence-corrected chi connectivity index (χ2v) is 6.40. The molecule has 9 heteroatoms. The maximum absolute atomic E-state index is 12.6. The number of carboxylic acid groups (broad SMARTS) is 1. The molecule has 0 radical (unpaired) electrons. The van der Waals surface area contributed by atoms with Gasteiger partial charge in [0, 0.05) is 11.1 Å². The van der Waals surface area contributed by atoms with Crippen molar-refractivity contribution in [2.75, 3.05) is 11.1 Å². The molecular weight excluding hydrogens is 311 g/mol. The molecule has 0 bridgehead atoms. The Labute approximate surface area is 118 Å². The average molecular weight is 321 g/mol. The lowest BCUT2D eigenvalue weighted by Crippen LogP contribution is -2.22. The SMILES string of the molecule is O=C(O)c1cc(C(F)(F)F)ccc1NC1C=CS(=O)(=O)C1. The minimum atomic E-state index is -4.65. The van der Waals surface area contributed by atoms with E-state index in [1.165, 1.54) is 6.08 Å². The number of nitrogens with one attached hydrogen (secondary N) is 1. The van der Waals surface area contributed by atoms with E-state index in [9.17, 15) is 26.4 Å². The summed E-state index contributed by atoms with van der Waals surface area (Å²) in [6.45, 7) is 0. The van der Waals surface area contributed by atoms with Gasteiger partial charge in [-0.05, 0) is 18.2 Å². The van der Waals surface area contributed by atoms with Crippen LogP contribution in [0.2, 0.25) is 0 Å². The number of rotatable bonds is 3. The van der Waals surface area contributed by atoms with Crippen LogP contribution in [0.1, 0.15) is 15.9 Å². The van der Waals surface area contributed by atoms with E-state index < -0.39 is 39.2 Å². The first-order chi connectivity index (χ1) is 9.58. The maximum Gasteiger partial charge on any atom is 0.416 e. The zero-order chi connectivity index (χ0) is 15.8. The Morgan fingerprint density at radius 3 is 2.48 bits per heavy atom. The second kappa shape index (κ2) is 5.06. The summed E-state index contributed by atoms with van der Waals surface area (Å²) in [6, 6.07) is 1.55. The highest BCUT2D eigenvalue weighted by Crippen LogP contribution is 2.32. The lowest BCUT2D eigenvalue weighted by molar-refractivity contribution is -0.137. The Kier molecular flexibility index (Phi) is 3.70. The van der Waals surface area contributed by atoms with Gasteiger partial charge in [0.2, 0.25) is 0 Å².